The van der Waals surface area contributed by atoms with Crippen LogP contribution in [0.4, 0.5) is 0 Å². The highest BCUT2D eigenvalue weighted by atomic mass is 16.3. The number of carbonyl (C=O) groups is 1. The van der Waals surface area contributed by atoms with Crippen LogP contribution < -0.4 is 0 Å². The van der Waals surface area contributed by atoms with Crippen molar-refractivity contribution in [3.05, 3.63) is 65.5 Å². The quantitative estimate of drug-likeness (QED) is 0.726. The number of furan rings is 1. The Labute approximate surface area is 135 Å². The minimum atomic E-state index is -0.112. The molecule has 0 unspecified atom stereocenters. The highest BCUT2D eigenvalue weighted by molar-refractivity contribution is 5.95. The fraction of sp³-hybridized carbons (Fsp3) is 0.263. The lowest BCUT2D eigenvalue weighted by Gasteiger charge is -2.25. The highest BCUT2D eigenvalue weighted by Gasteiger charge is 2.22. The van der Waals surface area contributed by atoms with Crippen molar-refractivity contribution in [1.29, 1.82) is 0 Å². The Morgan fingerprint density at radius 3 is 2.61 bits per heavy atom. The summed E-state index contributed by atoms with van der Waals surface area (Å²) in [5.74, 6) is 0.224. The fourth-order valence-electron chi connectivity index (χ4n) is 2.54. The van der Waals surface area contributed by atoms with Gasteiger partial charge in [-0.1, -0.05) is 30.3 Å². The summed E-state index contributed by atoms with van der Waals surface area (Å²) in [4.78, 5) is 19.1. The number of pyridine rings is 1. The minimum absolute atomic E-state index is 0.0746. The summed E-state index contributed by atoms with van der Waals surface area (Å²) in [6.45, 7) is 6.49. The van der Waals surface area contributed by atoms with Gasteiger partial charge in [0.15, 0.2) is 11.3 Å². The smallest absolute Gasteiger partial charge is 0.290 e. The van der Waals surface area contributed by atoms with Crippen molar-refractivity contribution in [2.75, 3.05) is 0 Å². The first-order valence-corrected chi connectivity index (χ1v) is 7.76. The number of aromatic nitrogens is 1. The van der Waals surface area contributed by atoms with E-state index < -0.39 is 0 Å². The zero-order valence-corrected chi connectivity index (χ0v) is 13.6. The van der Waals surface area contributed by atoms with Crippen molar-refractivity contribution < 1.29 is 9.21 Å². The van der Waals surface area contributed by atoms with Crippen molar-refractivity contribution in [2.24, 2.45) is 0 Å². The lowest BCUT2D eigenvalue weighted by molar-refractivity contribution is 0.0660. The average Bonchev–Trinajstić information content (AvgIpc) is 2.95. The number of carbonyl (C=O) groups excluding carboxylic acids is 1. The largest absolute Gasteiger partial charge is 0.449 e. The molecule has 0 bridgehead atoms. The maximum atomic E-state index is 12.8. The van der Waals surface area contributed by atoms with Crippen LogP contribution in [-0.4, -0.2) is 21.8 Å². The molecule has 4 nitrogen and oxygen atoms in total. The van der Waals surface area contributed by atoms with Crippen LogP contribution >= 0.6 is 0 Å². The van der Waals surface area contributed by atoms with E-state index in [2.05, 4.69) is 4.98 Å². The molecule has 0 N–H and O–H groups in total. The van der Waals surface area contributed by atoms with Gasteiger partial charge in [0, 0.05) is 24.3 Å². The number of rotatable bonds is 4. The molecule has 0 spiro atoms. The molecule has 0 aliphatic heterocycles. The van der Waals surface area contributed by atoms with E-state index in [0.717, 1.165) is 16.8 Å². The topological polar surface area (TPSA) is 46.3 Å². The third-order valence-electron chi connectivity index (χ3n) is 3.80. The van der Waals surface area contributed by atoms with Crippen molar-refractivity contribution in [3.63, 3.8) is 0 Å². The third kappa shape index (κ3) is 3.26. The first kappa shape index (κ1) is 15.3. The van der Waals surface area contributed by atoms with Crippen molar-refractivity contribution in [1.82, 2.24) is 9.88 Å². The van der Waals surface area contributed by atoms with E-state index in [9.17, 15) is 4.79 Å². The Kier molecular flexibility index (Phi) is 4.15. The second-order valence-electron chi connectivity index (χ2n) is 5.96. The molecule has 0 atom stereocenters. The van der Waals surface area contributed by atoms with Crippen LogP contribution in [0, 0.1) is 6.92 Å². The van der Waals surface area contributed by atoms with E-state index in [-0.39, 0.29) is 11.9 Å². The number of fused-ring (bicyclic) bond motifs is 1. The number of benzene rings is 1. The van der Waals surface area contributed by atoms with Gasteiger partial charge in [-0.25, -0.2) is 4.98 Å². The van der Waals surface area contributed by atoms with Crippen LogP contribution in [-0.2, 0) is 6.54 Å². The van der Waals surface area contributed by atoms with Crippen LogP contribution in [0.1, 0.15) is 35.7 Å². The van der Waals surface area contributed by atoms with E-state index in [0.29, 0.717) is 17.9 Å². The molecular formula is C19H20N2O2. The molecular weight excluding hydrogens is 288 g/mol. The van der Waals surface area contributed by atoms with E-state index in [1.165, 1.54) is 0 Å². The molecule has 2 aromatic heterocycles. The monoisotopic (exact) mass is 308 g/mol. The maximum Gasteiger partial charge on any atom is 0.290 e. The third-order valence-corrected chi connectivity index (χ3v) is 3.80. The van der Waals surface area contributed by atoms with Crippen molar-refractivity contribution in [3.8, 4) is 0 Å². The van der Waals surface area contributed by atoms with E-state index >= 15 is 0 Å². The predicted molar refractivity (Wildman–Crippen MR) is 90.2 cm³/mol. The minimum Gasteiger partial charge on any atom is -0.449 e. The molecule has 23 heavy (non-hydrogen) atoms. The summed E-state index contributed by atoms with van der Waals surface area (Å²) in [7, 11) is 0. The van der Waals surface area contributed by atoms with Gasteiger partial charge in [0.2, 0.25) is 0 Å². The molecule has 3 aromatic rings. The lowest BCUT2D eigenvalue weighted by atomic mass is 10.2. The number of hydrogen-bond donors (Lipinski definition) is 0. The molecule has 0 aliphatic carbocycles. The summed E-state index contributed by atoms with van der Waals surface area (Å²) < 4.78 is 5.70. The van der Waals surface area contributed by atoms with Crippen molar-refractivity contribution >= 4 is 17.0 Å². The number of nitrogens with zero attached hydrogens (tertiary/aromatic N) is 2. The standard InChI is InChI=1S/C19H20N2O2/c1-13(2)21(12-15-7-5-4-6-8-15)19(22)18-11-16-17(23-18)10-9-14(3)20-16/h4-11,13H,12H2,1-3H3. The lowest BCUT2D eigenvalue weighted by Crippen LogP contribution is -2.36. The highest BCUT2D eigenvalue weighted by Crippen LogP contribution is 2.21. The van der Waals surface area contributed by atoms with Crippen LogP contribution in [0.2, 0.25) is 0 Å². The fourth-order valence-corrected chi connectivity index (χ4v) is 2.54. The first-order valence-electron chi connectivity index (χ1n) is 7.76. The Morgan fingerprint density at radius 1 is 1.17 bits per heavy atom. The normalized spacial score (nSPS) is 11.1. The molecule has 0 saturated heterocycles. The Balaban J connectivity index is 1.90. The first-order chi connectivity index (χ1) is 11.0. The molecule has 0 radical (unpaired) electrons. The van der Waals surface area contributed by atoms with Gasteiger partial charge in [-0.05, 0) is 38.5 Å². The summed E-state index contributed by atoms with van der Waals surface area (Å²) in [6, 6.07) is 15.5. The second kappa shape index (κ2) is 6.24. The summed E-state index contributed by atoms with van der Waals surface area (Å²) in [5, 5.41) is 0. The van der Waals surface area contributed by atoms with Crippen LogP contribution in [0.3, 0.4) is 0 Å². The van der Waals surface area contributed by atoms with Gasteiger partial charge >= 0.3 is 0 Å². The van der Waals surface area contributed by atoms with E-state index in [1.54, 1.807) is 11.0 Å². The van der Waals surface area contributed by atoms with Gasteiger partial charge in [-0.2, -0.15) is 0 Å². The van der Waals surface area contributed by atoms with E-state index in [1.807, 2.05) is 63.2 Å². The van der Waals surface area contributed by atoms with Gasteiger partial charge in [0.05, 0.1) is 0 Å². The van der Waals surface area contributed by atoms with Gasteiger partial charge in [-0.15, -0.1) is 0 Å². The molecule has 0 fully saturated rings. The molecule has 118 valence electrons. The zero-order valence-electron chi connectivity index (χ0n) is 13.6. The Bertz CT molecular complexity index is 822. The number of aryl methyl sites for hydroxylation is 1. The van der Waals surface area contributed by atoms with Crippen LogP contribution in [0.15, 0.2) is 52.9 Å². The molecule has 2 heterocycles. The van der Waals surface area contributed by atoms with Gasteiger partial charge in [0.1, 0.15) is 5.52 Å². The molecule has 0 saturated carbocycles. The summed E-state index contributed by atoms with van der Waals surface area (Å²) >= 11 is 0. The van der Waals surface area contributed by atoms with Crippen LogP contribution in [0.25, 0.3) is 11.1 Å². The maximum absolute atomic E-state index is 12.8. The number of hydrogen-bond acceptors (Lipinski definition) is 3. The summed E-state index contributed by atoms with van der Waals surface area (Å²) in [5.41, 5.74) is 3.36. The van der Waals surface area contributed by atoms with Gasteiger partial charge < -0.3 is 9.32 Å². The Morgan fingerprint density at radius 2 is 1.91 bits per heavy atom. The molecule has 4 heteroatoms. The molecule has 1 aromatic carbocycles. The molecule has 1 amide bonds. The van der Waals surface area contributed by atoms with E-state index in [4.69, 9.17) is 4.42 Å². The molecule has 0 aliphatic rings. The number of amides is 1. The summed E-state index contributed by atoms with van der Waals surface area (Å²) in [6.07, 6.45) is 0. The second-order valence-corrected chi connectivity index (χ2v) is 5.96. The van der Waals surface area contributed by atoms with Crippen molar-refractivity contribution in [2.45, 2.75) is 33.4 Å². The van der Waals surface area contributed by atoms with Gasteiger partial charge in [0.25, 0.3) is 5.91 Å². The SMILES string of the molecule is Cc1ccc2oc(C(=O)N(Cc3ccccc3)C(C)C)cc2n1. The predicted octanol–water partition coefficient (Wildman–Crippen LogP) is 4.19. The van der Waals surface area contributed by atoms with Gasteiger partial charge in [-0.3, -0.25) is 4.79 Å². The molecule has 3 rings (SSSR count). The average molecular weight is 308 g/mol. The Hall–Kier alpha value is -2.62. The van der Waals surface area contributed by atoms with Crippen LogP contribution in [0.5, 0.6) is 0 Å². The zero-order chi connectivity index (χ0) is 16.4.